The van der Waals surface area contributed by atoms with Gasteiger partial charge in [-0.15, -0.1) is 0 Å². The van der Waals surface area contributed by atoms with Gasteiger partial charge < -0.3 is 0 Å². The fraction of sp³-hybridized carbons (Fsp3) is 1.00. The Morgan fingerprint density at radius 2 is 1.14 bits per heavy atom. The molecule has 3 saturated carbocycles. The number of hydrogen-bond donors (Lipinski definition) is 0. The van der Waals surface area contributed by atoms with E-state index in [1.807, 2.05) is 0 Å². The Morgan fingerprint density at radius 1 is 0.667 bits per heavy atom. The summed E-state index contributed by atoms with van der Waals surface area (Å²) < 4.78 is 0. The van der Waals surface area contributed by atoms with E-state index in [-0.39, 0.29) is 0 Å². The lowest BCUT2D eigenvalue weighted by atomic mass is 9.29. The average Bonchev–Trinajstić information content (AvgIpc) is 2.28. The van der Waals surface area contributed by atoms with Crippen molar-refractivity contribution >= 4 is 0 Å². The topological polar surface area (TPSA) is 3.24 Å². The summed E-state index contributed by atoms with van der Waals surface area (Å²) in [4.78, 5) is 3.04. The molecule has 0 aromatic rings. The minimum absolute atomic E-state index is 0.309. The van der Waals surface area contributed by atoms with Gasteiger partial charge in [0, 0.05) is 17.1 Å². The van der Waals surface area contributed by atoms with Crippen molar-refractivity contribution in [3.8, 4) is 0 Å². The fourth-order valence-corrected chi connectivity index (χ4v) is 6.24. The van der Waals surface area contributed by atoms with E-state index in [9.17, 15) is 0 Å². The van der Waals surface area contributed by atoms with Gasteiger partial charge in [-0.25, -0.2) is 0 Å². The summed E-state index contributed by atoms with van der Waals surface area (Å²) >= 11 is 0. The first-order chi connectivity index (χ1) is 9.43. The van der Waals surface area contributed by atoms with Gasteiger partial charge in [-0.05, 0) is 62.2 Å². The SMILES string of the molecule is CC1(N(C2CCC2)C2(C)C(C)(C)C(C)(C)C2(C)C)CCC1. The van der Waals surface area contributed by atoms with E-state index in [0.29, 0.717) is 27.3 Å². The molecule has 21 heavy (non-hydrogen) atoms. The smallest absolute Gasteiger partial charge is 0.0302 e. The molecular formula is C20H37N. The van der Waals surface area contributed by atoms with E-state index in [0.717, 1.165) is 6.04 Å². The van der Waals surface area contributed by atoms with Crippen molar-refractivity contribution < 1.29 is 0 Å². The van der Waals surface area contributed by atoms with E-state index < -0.39 is 0 Å². The number of hydrogen-bond acceptors (Lipinski definition) is 1. The molecule has 0 atom stereocenters. The molecule has 0 unspecified atom stereocenters. The third kappa shape index (κ3) is 1.48. The largest absolute Gasteiger partial charge is 0.288 e. The van der Waals surface area contributed by atoms with Crippen molar-refractivity contribution in [3.63, 3.8) is 0 Å². The van der Waals surface area contributed by atoms with Crippen LogP contribution in [-0.2, 0) is 0 Å². The summed E-state index contributed by atoms with van der Waals surface area (Å²) in [6.07, 6.45) is 8.55. The zero-order chi connectivity index (χ0) is 15.9. The molecule has 3 aliphatic carbocycles. The maximum Gasteiger partial charge on any atom is 0.0302 e. The highest BCUT2D eigenvalue weighted by Gasteiger charge is 2.77. The predicted molar refractivity (Wildman–Crippen MR) is 91.5 cm³/mol. The highest BCUT2D eigenvalue weighted by molar-refractivity contribution is 5.29. The maximum atomic E-state index is 3.04. The first-order valence-corrected chi connectivity index (χ1v) is 9.23. The van der Waals surface area contributed by atoms with Crippen LogP contribution < -0.4 is 0 Å². The van der Waals surface area contributed by atoms with E-state index in [2.05, 4.69) is 60.3 Å². The number of nitrogens with zero attached hydrogens (tertiary/aromatic N) is 1. The van der Waals surface area contributed by atoms with Gasteiger partial charge in [-0.3, -0.25) is 4.90 Å². The Morgan fingerprint density at radius 3 is 1.43 bits per heavy atom. The molecular weight excluding hydrogens is 254 g/mol. The molecule has 1 nitrogen and oxygen atoms in total. The lowest BCUT2D eigenvalue weighted by Gasteiger charge is -2.83. The molecule has 3 fully saturated rings. The van der Waals surface area contributed by atoms with Crippen LogP contribution in [-0.4, -0.2) is 22.0 Å². The quantitative estimate of drug-likeness (QED) is 0.651. The Labute approximate surface area is 132 Å². The highest BCUT2D eigenvalue weighted by Crippen LogP contribution is 2.76. The molecule has 0 radical (unpaired) electrons. The summed E-state index contributed by atoms with van der Waals surface area (Å²) in [5.41, 5.74) is 1.88. The van der Waals surface area contributed by atoms with Gasteiger partial charge in [0.15, 0.2) is 0 Å². The fourth-order valence-electron chi connectivity index (χ4n) is 6.24. The Kier molecular flexibility index (Phi) is 3.07. The molecule has 1 heteroatoms. The molecule has 0 N–H and O–H groups in total. The molecule has 0 amide bonds. The molecule has 0 aliphatic heterocycles. The second-order valence-electron chi connectivity index (χ2n) is 10.3. The van der Waals surface area contributed by atoms with Crippen LogP contribution >= 0.6 is 0 Å². The van der Waals surface area contributed by atoms with Crippen LogP contribution in [0.3, 0.4) is 0 Å². The Balaban J connectivity index is 2.06. The monoisotopic (exact) mass is 291 g/mol. The molecule has 0 saturated heterocycles. The lowest BCUT2D eigenvalue weighted by molar-refractivity contribution is -0.332. The first-order valence-electron chi connectivity index (χ1n) is 9.23. The van der Waals surface area contributed by atoms with Crippen molar-refractivity contribution in [3.05, 3.63) is 0 Å². The van der Waals surface area contributed by atoms with E-state index >= 15 is 0 Å². The maximum absolute atomic E-state index is 3.04. The molecule has 3 rings (SSSR count). The van der Waals surface area contributed by atoms with E-state index in [4.69, 9.17) is 0 Å². The van der Waals surface area contributed by atoms with Crippen LogP contribution in [0.4, 0.5) is 0 Å². The summed E-state index contributed by atoms with van der Waals surface area (Å²) in [5.74, 6) is 0. The summed E-state index contributed by atoms with van der Waals surface area (Å²) in [5, 5.41) is 0. The standard InChI is InChI=1S/C20H37N/c1-16(2)17(3,4)20(8,18(16,5)6)21(15-11-9-12-15)19(7)13-10-14-19/h15H,9-14H2,1-8H3. The molecule has 3 aliphatic rings. The molecule has 0 heterocycles. The third-order valence-electron chi connectivity index (χ3n) is 9.49. The third-order valence-corrected chi connectivity index (χ3v) is 9.49. The molecule has 0 bridgehead atoms. The van der Waals surface area contributed by atoms with Crippen molar-refractivity contribution in [2.45, 2.75) is 111 Å². The minimum atomic E-state index is 0.309. The van der Waals surface area contributed by atoms with Gasteiger partial charge in [0.1, 0.15) is 0 Å². The van der Waals surface area contributed by atoms with Crippen LogP contribution in [0.2, 0.25) is 0 Å². The van der Waals surface area contributed by atoms with Gasteiger partial charge in [0.05, 0.1) is 0 Å². The van der Waals surface area contributed by atoms with Gasteiger partial charge in [-0.2, -0.15) is 0 Å². The average molecular weight is 292 g/mol. The minimum Gasteiger partial charge on any atom is -0.288 e. The summed E-state index contributed by atoms with van der Waals surface area (Å²) in [6, 6.07) is 0.843. The van der Waals surface area contributed by atoms with Crippen molar-refractivity contribution in [2.24, 2.45) is 16.2 Å². The van der Waals surface area contributed by atoms with Gasteiger partial charge in [0.25, 0.3) is 0 Å². The lowest BCUT2D eigenvalue weighted by Crippen LogP contribution is -2.86. The highest BCUT2D eigenvalue weighted by atomic mass is 15.3. The van der Waals surface area contributed by atoms with Crippen molar-refractivity contribution in [1.29, 1.82) is 0 Å². The molecule has 0 aromatic heterocycles. The van der Waals surface area contributed by atoms with Crippen LogP contribution in [0, 0.1) is 16.2 Å². The summed E-state index contributed by atoms with van der Waals surface area (Å²) in [7, 11) is 0. The predicted octanol–water partition coefficient (Wildman–Crippen LogP) is 5.63. The summed E-state index contributed by atoms with van der Waals surface area (Å²) in [6.45, 7) is 20.3. The van der Waals surface area contributed by atoms with Crippen LogP contribution in [0.15, 0.2) is 0 Å². The Hall–Kier alpha value is -0.0400. The second-order valence-corrected chi connectivity index (χ2v) is 10.3. The van der Waals surface area contributed by atoms with E-state index in [1.165, 1.54) is 38.5 Å². The molecule has 122 valence electrons. The molecule has 0 spiro atoms. The first kappa shape index (κ1) is 15.8. The van der Waals surface area contributed by atoms with Gasteiger partial charge >= 0.3 is 0 Å². The van der Waals surface area contributed by atoms with Crippen LogP contribution in [0.5, 0.6) is 0 Å². The van der Waals surface area contributed by atoms with Crippen molar-refractivity contribution in [1.82, 2.24) is 4.90 Å². The zero-order valence-corrected chi connectivity index (χ0v) is 15.8. The van der Waals surface area contributed by atoms with Crippen LogP contribution in [0.1, 0.15) is 93.9 Å². The van der Waals surface area contributed by atoms with Gasteiger partial charge in [-0.1, -0.05) is 48.0 Å². The van der Waals surface area contributed by atoms with Crippen molar-refractivity contribution in [2.75, 3.05) is 0 Å². The second kappa shape index (κ2) is 4.08. The number of rotatable bonds is 3. The van der Waals surface area contributed by atoms with Crippen LogP contribution in [0.25, 0.3) is 0 Å². The zero-order valence-electron chi connectivity index (χ0n) is 15.8. The van der Waals surface area contributed by atoms with E-state index in [1.54, 1.807) is 0 Å². The molecule has 0 aromatic carbocycles. The Bertz CT molecular complexity index is 417. The van der Waals surface area contributed by atoms with Gasteiger partial charge in [0.2, 0.25) is 0 Å². The normalized spacial score (nSPS) is 34.7.